The van der Waals surface area contributed by atoms with E-state index in [-0.39, 0.29) is 6.04 Å². The van der Waals surface area contributed by atoms with Crippen molar-refractivity contribution in [1.82, 2.24) is 0 Å². The highest BCUT2D eigenvalue weighted by Crippen LogP contribution is 2.28. The van der Waals surface area contributed by atoms with Gasteiger partial charge in [0.05, 0.1) is 10.7 Å². The predicted molar refractivity (Wildman–Crippen MR) is 82.6 cm³/mol. The highest BCUT2D eigenvalue weighted by Gasteiger charge is 2.09. The van der Waals surface area contributed by atoms with Crippen LogP contribution in [0.2, 0.25) is 5.02 Å². The Bertz CT molecular complexity index is 538. The molecule has 0 bridgehead atoms. The molecule has 0 aliphatic rings. The molecule has 0 aromatic heterocycles. The molecule has 1 atom stereocenters. The lowest BCUT2D eigenvalue weighted by atomic mass is 10.1. The molecule has 0 heterocycles. The summed E-state index contributed by atoms with van der Waals surface area (Å²) in [7, 11) is 2.04. The van der Waals surface area contributed by atoms with Crippen LogP contribution in [0.4, 0.5) is 5.69 Å². The predicted octanol–water partition coefficient (Wildman–Crippen LogP) is 4.00. The zero-order valence-corrected chi connectivity index (χ0v) is 12.1. The summed E-state index contributed by atoms with van der Waals surface area (Å²) in [4.78, 5) is 2.14. The first-order valence-electron chi connectivity index (χ1n) is 6.38. The molecule has 0 amide bonds. The Kier molecular flexibility index (Phi) is 4.46. The summed E-state index contributed by atoms with van der Waals surface area (Å²) in [5.41, 5.74) is 9.20. The smallest absolute Gasteiger partial charge is 0.0642 e. The van der Waals surface area contributed by atoms with Gasteiger partial charge in [0.15, 0.2) is 0 Å². The molecule has 0 aliphatic carbocycles. The first-order valence-corrected chi connectivity index (χ1v) is 6.76. The lowest BCUT2D eigenvalue weighted by molar-refractivity contribution is 0.817. The van der Waals surface area contributed by atoms with E-state index in [1.165, 1.54) is 5.56 Å². The molecule has 0 unspecified atom stereocenters. The van der Waals surface area contributed by atoms with Crippen LogP contribution in [0.3, 0.4) is 0 Å². The summed E-state index contributed by atoms with van der Waals surface area (Å²) in [5.74, 6) is 0. The fraction of sp³-hybridized carbons (Fsp3) is 0.250. The van der Waals surface area contributed by atoms with E-state index in [4.69, 9.17) is 17.3 Å². The number of anilines is 1. The Morgan fingerprint density at radius 3 is 2.42 bits per heavy atom. The fourth-order valence-corrected chi connectivity index (χ4v) is 2.39. The lowest BCUT2D eigenvalue weighted by Crippen LogP contribution is -2.17. The van der Waals surface area contributed by atoms with Gasteiger partial charge in [-0.05, 0) is 30.2 Å². The Morgan fingerprint density at radius 1 is 1.16 bits per heavy atom. The van der Waals surface area contributed by atoms with Crippen LogP contribution >= 0.6 is 11.6 Å². The van der Waals surface area contributed by atoms with Crippen molar-refractivity contribution in [1.29, 1.82) is 0 Å². The summed E-state index contributed by atoms with van der Waals surface area (Å²) >= 11 is 6.34. The third kappa shape index (κ3) is 3.49. The van der Waals surface area contributed by atoms with Crippen molar-refractivity contribution in [2.24, 2.45) is 5.73 Å². The normalized spacial score (nSPS) is 12.2. The number of hydrogen-bond donors (Lipinski definition) is 1. The molecule has 0 aliphatic heterocycles. The third-order valence-corrected chi connectivity index (χ3v) is 3.47. The molecule has 0 saturated heterocycles. The van der Waals surface area contributed by atoms with Gasteiger partial charge in [0.25, 0.3) is 0 Å². The number of nitrogens with two attached hydrogens (primary N) is 1. The van der Waals surface area contributed by atoms with Gasteiger partial charge in [-0.1, -0.05) is 48.0 Å². The summed E-state index contributed by atoms with van der Waals surface area (Å²) in [6.07, 6.45) is 0. The monoisotopic (exact) mass is 274 g/mol. The van der Waals surface area contributed by atoms with E-state index in [0.717, 1.165) is 22.8 Å². The van der Waals surface area contributed by atoms with Gasteiger partial charge in [0.2, 0.25) is 0 Å². The second-order valence-corrected chi connectivity index (χ2v) is 5.25. The molecule has 100 valence electrons. The minimum absolute atomic E-state index is 0.00554. The number of benzene rings is 2. The van der Waals surface area contributed by atoms with Crippen LogP contribution in [0, 0.1) is 0 Å². The van der Waals surface area contributed by atoms with Gasteiger partial charge in [0.1, 0.15) is 0 Å². The molecule has 2 aromatic rings. The number of rotatable bonds is 4. The largest absolute Gasteiger partial charge is 0.369 e. The van der Waals surface area contributed by atoms with Crippen LogP contribution in [0.15, 0.2) is 48.5 Å². The van der Waals surface area contributed by atoms with Crippen molar-refractivity contribution in [2.75, 3.05) is 11.9 Å². The Labute approximate surface area is 119 Å². The van der Waals surface area contributed by atoms with E-state index >= 15 is 0 Å². The number of hydrogen-bond acceptors (Lipinski definition) is 2. The molecular formula is C16H19ClN2. The van der Waals surface area contributed by atoms with Gasteiger partial charge in [-0.15, -0.1) is 0 Å². The molecule has 3 heteroatoms. The molecule has 19 heavy (non-hydrogen) atoms. The first kappa shape index (κ1) is 13.9. The van der Waals surface area contributed by atoms with Crippen molar-refractivity contribution in [3.63, 3.8) is 0 Å². The average molecular weight is 275 g/mol. The quantitative estimate of drug-likeness (QED) is 0.913. The van der Waals surface area contributed by atoms with Gasteiger partial charge in [-0.2, -0.15) is 0 Å². The second kappa shape index (κ2) is 6.09. The maximum Gasteiger partial charge on any atom is 0.0642 e. The highest BCUT2D eigenvalue weighted by molar-refractivity contribution is 6.33. The molecule has 0 fully saturated rings. The van der Waals surface area contributed by atoms with Gasteiger partial charge in [0, 0.05) is 19.6 Å². The van der Waals surface area contributed by atoms with Crippen LogP contribution in [0.1, 0.15) is 24.1 Å². The Morgan fingerprint density at radius 2 is 1.84 bits per heavy atom. The van der Waals surface area contributed by atoms with Crippen LogP contribution in [0.5, 0.6) is 0 Å². The van der Waals surface area contributed by atoms with Gasteiger partial charge >= 0.3 is 0 Å². The fourth-order valence-electron chi connectivity index (χ4n) is 2.06. The van der Waals surface area contributed by atoms with E-state index in [1.807, 2.05) is 50.4 Å². The minimum Gasteiger partial charge on any atom is -0.369 e. The van der Waals surface area contributed by atoms with E-state index in [1.54, 1.807) is 0 Å². The van der Waals surface area contributed by atoms with Gasteiger partial charge in [-0.25, -0.2) is 0 Å². The highest BCUT2D eigenvalue weighted by atomic mass is 35.5. The molecule has 0 saturated carbocycles. The maximum absolute atomic E-state index is 6.34. The van der Waals surface area contributed by atoms with Crippen LogP contribution in [0.25, 0.3) is 0 Å². The molecule has 2 nitrogen and oxygen atoms in total. The molecule has 2 aromatic carbocycles. The molecular weight excluding hydrogens is 256 g/mol. The first-order chi connectivity index (χ1) is 9.08. The summed E-state index contributed by atoms with van der Waals surface area (Å²) in [5, 5.41) is 0.744. The van der Waals surface area contributed by atoms with Crippen molar-refractivity contribution in [2.45, 2.75) is 19.5 Å². The minimum atomic E-state index is 0.00554. The zero-order valence-electron chi connectivity index (χ0n) is 11.3. The molecule has 0 radical (unpaired) electrons. The summed E-state index contributed by atoms with van der Waals surface area (Å²) < 4.78 is 0. The average Bonchev–Trinajstić information content (AvgIpc) is 2.39. The Balaban J connectivity index is 2.17. The van der Waals surface area contributed by atoms with Gasteiger partial charge in [-0.3, -0.25) is 0 Å². The Hall–Kier alpha value is -1.51. The van der Waals surface area contributed by atoms with Crippen LogP contribution < -0.4 is 10.6 Å². The topological polar surface area (TPSA) is 29.3 Å². The maximum atomic E-state index is 6.34. The number of halogens is 1. The van der Waals surface area contributed by atoms with E-state index in [0.29, 0.717) is 0 Å². The molecule has 2 rings (SSSR count). The van der Waals surface area contributed by atoms with E-state index < -0.39 is 0 Å². The zero-order chi connectivity index (χ0) is 13.8. The third-order valence-electron chi connectivity index (χ3n) is 3.17. The second-order valence-electron chi connectivity index (χ2n) is 4.84. The SMILES string of the molecule is C[C@@H](N)c1ccc(N(C)Cc2ccccc2)c(Cl)c1. The summed E-state index contributed by atoms with van der Waals surface area (Å²) in [6.45, 7) is 2.79. The standard InChI is InChI=1S/C16H19ClN2/c1-12(18)14-8-9-16(15(17)10-14)19(2)11-13-6-4-3-5-7-13/h3-10,12H,11,18H2,1-2H3/t12-/m1/s1. The molecule has 2 N–H and O–H groups in total. The van der Waals surface area contributed by atoms with Crippen molar-refractivity contribution in [3.05, 3.63) is 64.7 Å². The van der Waals surface area contributed by atoms with Crippen LogP contribution in [-0.4, -0.2) is 7.05 Å². The molecule has 0 spiro atoms. The van der Waals surface area contributed by atoms with Crippen molar-refractivity contribution >= 4 is 17.3 Å². The van der Waals surface area contributed by atoms with Gasteiger partial charge < -0.3 is 10.6 Å². The van der Waals surface area contributed by atoms with E-state index in [9.17, 15) is 0 Å². The lowest BCUT2D eigenvalue weighted by Gasteiger charge is -2.21. The number of nitrogens with zero attached hydrogens (tertiary/aromatic N) is 1. The van der Waals surface area contributed by atoms with Crippen LogP contribution in [-0.2, 0) is 6.54 Å². The van der Waals surface area contributed by atoms with E-state index in [2.05, 4.69) is 17.0 Å². The van der Waals surface area contributed by atoms with Crippen molar-refractivity contribution in [3.8, 4) is 0 Å². The van der Waals surface area contributed by atoms with Crippen molar-refractivity contribution < 1.29 is 0 Å². The summed E-state index contributed by atoms with van der Waals surface area (Å²) in [6, 6.07) is 16.4.